The number of unbranched alkanes of at least 4 members (excludes halogenated alkanes) is 6. The predicted molar refractivity (Wildman–Crippen MR) is 78.9 cm³/mol. The summed E-state index contributed by atoms with van der Waals surface area (Å²) in [5.74, 6) is 0. The number of rotatable bonds is 13. The maximum atomic E-state index is 5.86. The van der Waals surface area contributed by atoms with Gasteiger partial charge in [0.05, 0.1) is 6.10 Å². The lowest BCUT2D eigenvalue weighted by Gasteiger charge is -2.21. The lowest BCUT2D eigenvalue weighted by molar-refractivity contribution is -0.167. The van der Waals surface area contributed by atoms with E-state index in [1.165, 1.54) is 51.4 Å². The van der Waals surface area contributed by atoms with E-state index in [4.69, 9.17) is 9.47 Å². The van der Waals surface area contributed by atoms with Crippen LogP contribution in [-0.2, 0) is 9.47 Å². The highest BCUT2D eigenvalue weighted by molar-refractivity contribution is 4.51. The van der Waals surface area contributed by atoms with Crippen LogP contribution in [0.4, 0.5) is 0 Å². The van der Waals surface area contributed by atoms with Crippen LogP contribution in [-0.4, -0.2) is 19.0 Å². The van der Waals surface area contributed by atoms with E-state index < -0.39 is 0 Å². The smallest absolute Gasteiger partial charge is 0.157 e. The van der Waals surface area contributed by atoms with Crippen molar-refractivity contribution in [3.05, 3.63) is 0 Å². The van der Waals surface area contributed by atoms with Gasteiger partial charge in [-0.05, 0) is 33.1 Å². The standard InChI is InChI=1S/C16H34O2/c1-5-7-9-11-13-16(18-15(3)4)17-14-12-10-8-6-2/h15-16H,5-14H2,1-4H3. The summed E-state index contributed by atoms with van der Waals surface area (Å²) in [5, 5.41) is 0. The number of hydrogen-bond acceptors (Lipinski definition) is 2. The van der Waals surface area contributed by atoms with Crippen molar-refractivity contribution in [2.75, 3.05) is 6.61 Å². The molecule has 0 rings (SSSR count). The first-order valence-electron chi connectivity index (χ1n) is 7.97. The van der Waals surface area contributed by atoms with Gasteiger partial charge in [-0.3, -0.25) is 0 Å². The molecule has 0 saturated carbocycles. The van der Waals surface area contributed by atoms with E-state index in [9.17, 15) is 0 Å². The first-order valence-corrected chi connectivity index (χ1v) is 7.97. The monoisotopic (exact) mass is 258 g/mol. The van der Waals surface area contributed by atoms with Gasteiger partial charge >= 0.3 is 0 Å². The summed E-state index contributed by atoms with van der Waals surface area (Å²) in [4.78, 5) is 0. The Hall–Kier alpha value is -0.0800. The summed E-state index contributed by atoms with van der Waals surface area (Å²) in [6.45, 7) is 9.50. The first kappa shape index (κ1) is 17.9. The topological polar surface area (TPSA) is 18.5 Å². The molecular weight excluding hydrogens is 224 g/mol. The van der Waals surface area contributed by atoms with Crippen LogP contribution in [0.25, 0.3) is 0 Å². The SMILES string of the molecule is CCCCCCOC(CCCCCC)OC(C)C. The lowest BCUT2D eigenvalue weighted by Crippen LogP contribution is -2.22. The zero-order chi connectivity index (χ0) is 13.6. The second kappa shape index (κ2) is 13.4. The van der Waals surface area contributed by atoms with Crippen molar-refractivity contribution in [2.45, 2.75) is 97.9 Å². The summed E-state index contributed by atoms with van der Waals surface area (Å²) in [5.41, 5.74) is 0. The Morgan fingerprint density at radius 1 is 0.778 bits per heavy atom. The summed E-state index contributed by atoms with van der Waals surface area (Å²) in [6, 6.07) is 0. The highest BCUT2D eigenvalue weighted by Crippen LogP contribution is 2.12. The van der Waals surface area contributed by atoms with Crippen LogP contribution >= 0.6 is 0 Å². The van der Waals surface area contributed by atoms with Crippen molar-refractivity contribution >= 4 is 0 Å². The zero-order valence-electron chi connectivity index (χ0n) is 13.0. The predicted octanol–water partition coefficient (Wildman–Crippen LogP) is 5.30. The van der Waals surface area contributed by atoms with Crippen molar-refractivity contribution < 1.29 is 9.47 Å². The minimum atomic E-state index is 0.0171. The molecular formula is C16H34O2. The lowest BCUT2D eigenvalue weighted by atomic mass is 10.1. The van der Waals surface area contributed by atoms with Crippen molar-refractivity contribution in [2.24, 2.45) is 0 Å². The van der Waals surface area contributed by atoms with Crippen molar-refractivity contribution in [3.8, 4) is 0 Å². The van der Waals surface area contributed by atoms with Gasteiger partial charge in [0, 0.05) is 6.61 Å². The molecule has 2 heteroatoms. The molecule has 110 valence electrons. The van der Waals surface area contributed by atoms with Crippen molar-refractivity contribution in [1.82, 2.24) is 0 Å². The normalized spacial score (nSPS) is 13.2. The van der Waals surface area contributed by atoms with Gasteiger partial charge in [-0.2, -0.15) is 0 Å². The van der Waals surface area contributed by atoms with E-state index in [1.54, 1.807) is 0 Å². The van der Waals surface area contributed by atoms with Crippen LogP contribution < -0.4 is 0 Å². The Bertz CT molecular complexity index is 157. The highest BCUT2D eigenvalue weighted by Gasteiger charge is 2.10. The minimum absolute atomic E-state index is 0.0171. The van der Waals surface area contributed by atoms with Crippen LogP contribution in [0.5, 0.6) is 0 Å². The maximum absolute atomic E-state index is 5.86. The largest absolute Gasteiger partial charge is 0.353 e. The Kier molecular flexibility index (Phi) is 13.3. The van der Waals surface area contributed by atoms with Gasteiger partial charge in [0.1, 0.15) is 0 Å². The molecule has 0 spiro atoms. The minimum Gasteiger partial charge on any atom is -0.353 e. The molecule has 0 aromatic carbocycles. The van der Waals surface area contributed by atoms with E-state index in [2.05, 4.69) is 27.7 Å². The molecule has 0 aromatic rings. The molecule has 0 radical (unpaired) electrons. The molecule has 0 aliphatic rings. The van der Waals surface area contributed by atoms with E-state index in [1.807, 2.05) is 0 Å². The average molecular weight is 258 g/mol. The second-order valence-corrected chi connectivity index (χ2v) is 5.40. The molecule has 1 unspecified atom stereocenters. The van der Waals surface area contributed by atoms with Gasteiger partial charge < -0.3 is 9.47 Å². The van der Waals surface area contributed by atoms with Crippen LogP contribution in [0.3, 0.4) is 0 Å². The summed E-state index contributed by atoms with van der Waals surface area (Å²) in [7, 11) is 0. The molecule has 1 atom stereocenters. The number of ether oxygens (including phenoxy) is 2. The average Bonchev–Trinajstić information content (AvgIpc) is 2.33. The van der Waals surface area contributed by atoms with Crippen LogP contribution in [0.2, 0.25) is 0 Å². The van der Waals surface area contributed by atoms with E-state index in [-0.39, 0.29) is 12.4 Å². The fourth-order valence-electron chi connectivity index (χ4n) is 1.98. The fourth-order valence-corrected chi connectivity index (χ4v) is 1.98. The summed E-state index contributed by atoms with van der Waals surface area (Å²) in [6.07, 6.45) is 11.5. The molecule has 0 N–H and O–H groups in total. The summed E-state index contributed by atoms with van der Waals surface area (Å²) >= 11 is 0. The molecule has 0 saturated heterocycles. The molecule has 2 nitrogen and oxygen atoms in total. The third-order valence-corrected chi connectivity index (χ3v) is 3.02. The molecule has 0 bridgehead atoms. The Morgan fingerprint density at radius 2 is 1.39 bits per heavy atom. The van der Waals surface area contributed by atoms with Crippen LogP contribution in [0.15, 0.2) is 0 Å². The van der Waals surface area contributed by atoms with Crippen molar-refractivity contribution in [3.63, 3.8) is 0 Å². The quantitative estimate of drug-likeness (QED) is 0.329. The molecule has 0 amide bonds. The van der Waals surface area contributed by atoms with Crippen LogP contribution in [0.1, 0.15) is 85.5 Å². The van der Waals surface area contributed by atoms with Gasteiger partial charge in [0.25, 0.3) is 0 Å². The summed E-state index contributed by atoms with van der Waals surface area (Å²) < 4.78 is 11.7. The van der Waals surface area contributed by atoms with Crippen molar-refractivity contribution in [1.29, 1.82) is 0 Å². The van der Waals surface area contributed by atoms with Crippen LogP contribution in [0, 0.1) is 0 Å². The molecule has 0 aliphatic carbocycles. The van der Waals surface area contributed by atoms with Gasteiger partial charge in [-0.1, -0.05) is 52.4 Å². The Balaban J connectivity index is 3.63. The maximum Gasteiger partial charge on any atom is 0.157 e. The first-order chi connectivity index (χ1) is 8.70. The van der Waals surface area contributed by atoms with E-state index in [0.29, 0.717) is 0 Å². The number of hydrogen-bond donors (Lipinski definition) is 0. The van der Waals surface area contributed by atoms with Gasteiger partial charge in [-0.15, -0.1) is 0 Å². The molecule has 18 heavy (non-hydrogen) atoms. The highest BCUT2D eigenvalue weighted by atomic mass is 16.7. The van der Waals surface area contributed by atoms with Gasteiger partial charge in [0.2, 0.25) is 0 Å². The Labute approximate surface area is 114 Å². The van der Waals surface area contributed by atoms with Gasteiger partial charge in [-0.25, -0.2) is 0 Å². The second-order valence-electron chi connectivity index (χ2n) is 5.40. The van der Waals surface area contributed by atoms with Gasteiger partial charge in [0.15, 0.2) is 6.29 Å². The van der Waals surface area contributed by atoms with E-state index in [0.717, 1.165) is 13.0 Å². The third-order valence-electron chi connectivity index (χ3n) is 3.02. The molecule has 0 fully saturated rings. The molecule has 0 aliphatic heterocycles. The zero-order valence-corrected chi connectivity index (χ0v) is 13.0. The molecule has 0 aromatic heterocycles. The fraction of sp³-hybridized carbons (Fsp3) is 1.00. The Morgan fingerprint density at radius 3 is 1.94 bits per heavy atom. The van der Waals surface area contributed by atoms with E-state index >= 15 is 0 Å². The molecule has 0 heterocycles. The third kappa shape index (κ3) is 12.4.